The van der Waals surface area contributed by atoms with Gasteiger partial charge in [-0.3, -0.25) is 0 Å². The Morgan fingerprint density at radius 3 is 3.25 bits per heavy atom. The summed E-state index contributed by atoms with van der Waals surface area (Å²) in [5.41, 5.74) is 0. The van der Waals surface area contributed by atoms with Crippen molar-refractivity contribution in [1.82, 2.24) is 15.3 Å². The number of hydrogen-bond donors (Lipinski definition) is 1. The molecule has 16 heavy (non-hydrogen) atoms. The molecule has 1 N–H and O–H groups in total. The second kappa shape index (κ2) is 5.12. The fourth-order valence-corrected chi connectivity index (χ4v) is 1.83. The van der Waals surface area contributed by atoms with Crippen LogP contribution in [0.3, 0.4) is 0 Å². The summed E-state index contributed by atoms with van der Waals surface area (Å²) in [4.78, 5) is 10.9. The second-order valence-electron chi connectivity index (χ2n) is 3.93. The molecule has 88 valence electrons. The van der Waals surface area contributed by atoms with E-state index in [1.807, 2.05) is 6.92 Å². The summed E-state index contributed by atoms with van der Waals surface area (Å²) in [5.74, 6) is 1.41. The van der Waals surface area contributed by atoms with Gasteiger partial charge in [-0.1, -0.05) is 0 Å². The highest BCUT2D eigenvalue weighted by molar-refractivity contribution is 5.33. The molecule has 0 amide bonds. The summed E-state index contributed by atoms with van der Waals surface area (Å²) >= 11 is 0. The minimum atomic E-state index is 0.480. The van der Waals surface area contributed by atoms with Crippen molar-refractivity contribution in [3.05, 3.63) is 12.3 Å². The Labute approximate surface area is 95.8 Å². The Balaban J connectivity index is 2.09. The van der Waals surface area contributed by atoms with Crippen molar-refractivity contribution in [2.24, 2.45) is 0 Å². The molecule has 0 unspecified atom stereocenters. The highest BCUT2D eigenvalue weighted by atomic mass is 16.5. The van der Waals surface area contributed by atoms with E-state index in [2.05, 4.69) is 27.1 Å². The summed E-state index contributed by atoms with van der Waals surface area (Å²) in [6, 6.07) is 2.27. The Bertz CT molecular complexity index is 345. The first kappa shape index (κ1) is 11.1. The van der Waals surface area contributed by atoms with Crippen molar-refractivity contribution in [2.45, 2.75) is 19.9 Å². The molecule has 0 radical (unpaired) electrons. The van der Waals surface area contributed by atoms with E-state index in [9.17, 15) is 0 Å². The quantitative estimate of drug-likeness (QED) is 0.814. The van der Waals surface area contributed by atoms with Crippen LogP contribution in [0.4, 0.5) is 5.95 Å². The molecule has 1 aliphatic heterocycles. The molecule has 1 aromatic heterocycles. The average Bonchev–Trinajstić information content (AvgIpc) is 2.30. The summed E-state index contributed by atoms with van der Waals surface area (Å²) in [5, 5.41) is 3.39. The van der Waals surface area contributed by atoms with Crippen LogP contribution in [-0.2, 0) is 0 Å². The van der Waals surface area contributed by atoms with Crippen molar-refractivity contribution in [1.29, 1.82) is 0 Å². The number of nitrogens with one attached hydrogen (secondary N) is 1. The lowest BCUT2D eigenvalue weighted by Gasteiger charge is -2.31. The molecule has 0 aromatic carbocycles. The van der Waals surface area contributed by atoms with Crippen LogP contribution < -0.4 is 15.0 Å². The molecule has 5 nitrogen and oxygen atoms in total. The maximum Gasteiger partial charge on any atom is 0.228 e. The van der Waals surface area contributed by atoms with E-state index in [-0.39, 0.29) is 0 Å². The third-order valence-corrected chi connectivity index (χ3v) is 2.56. The van der Waals surface area contributed by atoms with E-state index in [0.717, 1.165) is 25.6 Å². The molecule has 0 bridgehead atoms. The van der Waals surface area contributed by atoms with Gasteiger partial charge in [0.15, 0.2) is 0 Å². The summed E-state index contributed by atoms with van der Waals surface area (Å²) in [7, 11) is 0. The van der Waals surface area contributed by atoms with Crippen LogP contribution in [0.1, 0.15) is 13.8 Å². The van der Waals surface area contributed by atoms with Gasteiger partial charge in [0.1, 0.15) is 0 Å². The van der Waals surface area contributed by atoms with Gasteiger partial charge >= 0.3 is 0 Å². The van der Waals surface area contributed by atoms with Gasteiger partial charge in [0.2, 0.25) is 11.8 Å². The number of aromatic nitrogens is 2. The predicted molar refractivity (Wildman–Crippen MR) is 62.9 cm³/mol. The molecular weight excluding hydrogens is 204 g/mol. The smallest absolute Gasteiger partial charge is 0.228 e. The number of piperazine rings is 1. The highest BCUT2D eigenvalue weighted by Gasteiger charge is 2.18. The number of ether oxygens (including phenoxy) is 1. The monoisotopic (exact) mass is 222 g/mol. The number of hydrogen-bond acceptors (Lipinski definition) is 5. The number of anilines is 1. The third-order valence-electron chi connectivity index (χ3n) is 2.56. The van der Waals surface area contributed by atoms with Gasteiger partial charge in [-0.15, -0.1) is 0 Å². The van der Waals surface area contributed by atoms with E-state index in [4.69, 9.17) is 4.74 Å². The van der Waals surface area contributed by atoms with E-state index in [1.54, 1.807) is 12.3 Å². The molecule has 1 atom stereocenters. The minimum absolute atomic E-state index is 0.480. The van der Waals surface area contributed by atoms with E-state index in [0.29, 0.717) is 18.5 Å². The zero-order valence-corrected chi connectivity index (χ0v) is 9.81. The molecule has 0 aliphatic carbocycles. The lowest BCUT2D eigenvalue weighted by atomic mass is 10.2. The van der Waals surface area contributed by atoms with Gasteiger partial charge in [-0.05, 0) is 13.8 Å². The Hall–Kier alpha value is -1.36. The predicted octanol–water partition coefficient (Wildman–Crippen LogP) is 0.673. The topological polar surface area (TPSA) is 50.3 Å². The summed E-state index contributed by atoms with van der Waals surface area (Å²) in [6.45, 7) is 7.61. The zero-order chi connectivity index (χ0) is 11.4. The molecule has 0 saturated carbocycles. The lowest BCUT2D eigenvalue weighted by molar-refractivity contribution is 0.325. The molecule has 2 heterocycles. The van der Waals surface area contributed by atoms with E-state index < -0.39 is 0 Å². The van der Waals surface area contributed by atoms with Gasteiger partial charge in [0.05, 0.1) is 6.61 Å². The first-order valence-electron chi connectivity index (χ1n) is 5.73. The summed E-state index contributed by atoms with van der Waals surface area (Å²) < 4.78 is 5.37. The summed E-state index contributed by atoms with van der Waals surface area (Å²) in [6.07, 6.45) is 1.75. The van der Waals surface area contributed by atoms with E-state index >= 15 is 0 Å². The molecule has 5 heteroatoms. The maximum absolute atomic E-state index is 5.37. The first-order chi connectivity index (χ1) is 7.79. The molecular formula is C11H18N4O. The standard InChI is InChI=1S/C11H18N4O/c1-3-16-10-4-5-13-11(14-10)15-7-6-12-9(2)8-15/h4-5,9,12H,3,6-8H2,1-2H3/t9-/m1/s1. The number of nitrogens with zero attached hydrogens (tertiary/aromatic N) is 3. The van der Waals surface area contributed by atoms with Crippen LogP contribution >= 0.6 is 0 Å². The Kier molecular flexibility index (Phi) is 3.56. The van der Waals surface area contributed by atoms with Crippen LogP contribution in [0.25, 0.3) is 0 Å². The maximum atomic E-state index is 5.37. The van der Waals surface area contributed by atoms with Gasteiger partial charge in [-0.2, -0.15) is 4.98 Å². The number of rotatable bonds is 3. The Morgan fingerprint density at radius 2 is 2.50 bits per heavy atom. The molecule has 1 aliphatic rings. The van der Waals surface area contributed by atoms with Gasteiger partial charge in [0, 0.05) is 37.9 Å². The van der Waals surface area contributed by atoms with Crippen LogP contribution in [0.15, 0.2) is 12.3 Å². The van der Waals surface area contributed by atoms with Crippen LogP contribution in [0, 0.1) is 0 Å². The van der Waals surface area contributed by atoms with Crippen molar-refractivity contribution in [3.63, 3.8) is 0 Å². The fraction of sp³-hybridized carbons (Fsp3) is 0.636. The first-order valence-corrected chi connectivity index (χ1v) is 5.73. The van der Waals surface area contributed by atoms with Crippen molar-refractivity contribution in [3.8, 4) is 5.88 Å². The molecule has 2 rings (SSSR count). The molecule has 0 spiro atoms. The normalized spacial score (nSPS) is 20.9. The molecule has 1 aromatic rings. The van der Waals surface area contributed by atoms with Crippen molar-refractivity contribution >= 4 is 5.95 Å². The average molecular weight is 222 g/mol. The van der Waals surface area contributed by atoms with Crippen molar-refractivity contribution in [2.75, 3.05) is 31.1 Å². The lowest BCUT2D eigenvalue weighted by Crippen LogP contribution is -2.49. The van der Waals surface area contributed by atoms with Crippen LogP contribution in [0.5, 0.6) is 5.88 Å². The second-order valence-corrected chi connectivity index (χ2v) is 3.93. The Morgan fingerprint density at radius 1 is 1.62 bits per heavy atom. The minimum Gasteiger partial charge on any atom is -0.478 e. The van der Waals surface area contributed by atoms with Crippen molar-refractivity contribution < 1.29 is 4.74 Å². The largest absolute Gasteiger partial charge is 0.478 e. The zero-order valence-electron chi connectivity index (χ0n) is 9.81. The molecule has 1 saturated heterocycles. The SMILES string of the molecule is CCOc1ccnc(N2CCN[C@H](C)C2)n1. The van der Waals surface area contributed by atoms with Crippen LogP contribution in [0.2, 0.25) is 0 Å². The third kappa shape index (κ3) is 2.61. The van der Waals surface area contributed by atoms with E-state index in [1.165, 1.54) is 0 Å². The fourth-order valence-electron chi connectivity index (χ4n) is 1.83. The van der Waals surface area contributed by atoms with Gasteiger partial charge in [0.25, 0.3) is 0 Å². The van der Waals surface area contributed by atoms with Gasteiger partial charge < -0.3 is 15.0 Å². The highest BCUT2D eigenvalue weighted by Crippen LogP contribution is 2.14. The van der Waals surface area contributed by atoms with Gasteiger partial charge in [-0.25, -0.2) is 4.98 Å². The molecule has 1 fully saturated rings. The van der Waals surface area contributed by atoms with Crippen LogP contribution in [-0.4, -0.2) is 42.3 Å².